The maximum atomic E-state index is 11.8. The lowest BCUT2D eigenvalue weighted by atomic mass is 10.1. The van der Waals surface area contributed by atoms with Gasteiger partial charge in [0.15, 0.2) is 12.5 Å². The summed E-state index contributed by atoms with van der Waals surface area (Å²) in [5, 5.41) is 6.51. The highest BCUT2D eigenvalue weighted by atomic mass is 16.2. The van der Waals surface area contributed by atoms with Gasteiger partial charge in [0, 0.05) is 11.1 Å². The number of aldehydes is 1. The minimum atomic E-state index is -1.12. The lowest BCUT2D eigenvalue weighted by Gasteiger charge is -2.10. The van der Waals surface area contributed by atoms with E-state index < -0.39 is 24.0 Å². The smallest absolute Gasteiger partial charge is 0.323 e. The minimum Gasteiger partial charge on any atom is -0.324 e. The van der Waals surface area contributed by atoms with Gasteiger partial charge in [0.25, 0.3) is 11.8 Å². The highest BCUT2D eigenvalue weighted by molar-refractivity contribution is 6.08. The Kier molecular flexibility index (Phi) is 3.05. The number of rotatable bonds is 3. The zero-order chi connectivity index (χ0) is 13.1. The molecule has 0 aliphatic carbocycles. The Labute approximate surface area is 102 Å². The van der Waals surface area contributed by atoms with Crippen LogP contribution in [0.15, 0.2) is 24.3 Å². The molecule has 1 aliphatic heterocycles. The molecule has 7 heteroatoms. The number of carbonyl (C=O) groups is 4. The largest absolute Gasteiger partial charge is 0.324 e. The van der Waals surface area contributed by atoms with Crippen molar-refractivity contribution in [1.82, 2.24) is 16.0 Å². The lowest BCUT2D eigenvalue weighted by Crippen LogP contribution is -2.46. The Morgan fingerprint density at radius 2 is 2.00 bits per heavy atom. The number of imide groups is 1. The first-order valence-electron chi connectivity index (χ1n) is 5.08. The van der Waals surface area contributed by atoms with Crippen LogP contribution in [0.4, 0.5) is 4.79 Å². The summed E-state index contributed by atoms with van der Waals surface area (Å²) in [5.41, 5.74) is 0.348. The molecule has 18 heavy (non-hydrogen) atoms. The van der Waals surface area contributed by atoms with Crippen LogP contribution in [-0.4, -0.2) is 30.3 Å². The molecule has 0 saturated carbocycles. The van der Waals surface area contributed by atoms with Gasteiger partial charge < -0.3 is 10.6 Å². The molecule has 0 radical (unpaired) electrons. The highest BCUT2D eigenvalue weighted by Gasteiger charge is 2.31. The first kappa shape index (κ1) is 11.8. The van der Waals surface area contributed by atoms with E-state index in [1.807, 2.05) is 5.32 Å². The molecule has 0 bridgehead atoms. The SMILES string of the molecule is O=Cc1ccccc1C(=O)NC1NC(=O)NC1=O. The van der Waals surface area contributed by atoms with Gasteiger partial charge in [0.1, 0.15) is 0 Å². The number of benzene rings is 1. The predicted octanol–water partition coefficient (Wildman–Crippen LogP) is -0.606. The summed E-state index contributed by atoms with van der Waals surface area (Å²) in [6.07, 6.45) is -0.577. The zero-order valence-corrected chi connectivity index (χ0v) is 9.10. The molecule has 1 heterocycles. The molecule has 4 amide bonds. The van der Waals surface area contributed by atoms with Crippen molar-refractivity contribution < 1.29 is 19.2 Å². The van der Waals surface area contributed by atoms with Gasteiger partial charge >= 0.3 is 6.03 Å². The average molecular weight is 247 g/mol. The van der Waals surface area contributed by atoms with Crippen LogP contribution in [0.3, 0.4) is 0 Å². The fourth-order valence-electron chi connectivity index (χ4n) is 1.53. The summed E-state index contributed by atoms with van der Waals surface area (Å²) in [6, 6.07) is 5.47. The van der Waals surface area contributed by atoms with Crippen molar-refractivity contribution in [2.24, 2.45) is 0 Å². The molecule has 1 aliphatic rings. The molecule has 1 atom stereocenters. The van der Waals surface area contributed by atoms with E-state index in [1.165, 1.54) is 12.1 Å². The standard InChI is InChI=1S/C11H9N3O4/c15-5-6-3-1-2-4-7(6)9(16)12-8-10(17)14-11(18)13-8/h1-5,8H,(H,12,16)(H2,13,14,17,18). The number of urea groups is 1. The molecule has 1 aromatic rings. The van der Waals surface area contributed by atoms with Crippen LogP contribution in [0, 0.1) is 0 Å². The molecule has 1 fully saturated rings. The summed E-state index contributed by atoms with van der Waals surface area (Å²) in [5.74, 6) is -1.25. The Bertz CT molecular complexity index is 541. The van der Waals surface area contributed by atoms with E-state index in [0.29, 0.717) is 6.29 Å². The fourth-order valence-corrected chi connectivity index (χ4v) is 1.53. The first-order chi connectivity index (χ1) is 8.61. The highest BCUT2D eigenvalue weighted by Crippen LogP contribution is 2.06. The monoisotopic (exact) mass is 247 g/mol. The molecule has 3 N–H and O–H groups in total. The van der Waals surface area contributed by atoms with E-state index in [-0.39, 0.29) is 11.1 Å². The second kappa shape index (κ2) is 4.66. The van der Waals surface area contributed by atoms with Gasteiger partial charge in [-0.3, -0.25) is 19.7 Å². The number of nitrogens with one attached hydrogen (secondary N) is 3. The topological polar surface area (TPSA) is 104 Å². The summed E-state index contributed by atoms with van der Waals surface area (Å²) in [7, 11) is 0. The maximum Gasteiger partial charge on any atom is 0.323 e. The number of hydrogen-bond acceptors (Lipinski definition) is 4. The van der Waals surface area contributed by atoms with Crippen molar-refractivity contribution in [3.63, 3.8) is 0 Å². The average Bonchev–Trinajstić information content (AvgIpc) is 2.67. The van der Waals surface area contributed by atoms with E-state index in [2.05, 4.69) is 10.6 Å². The molecule has 1 aromatic carbocycles. The fraction of sp³-hybridized carbons (Fsp3) is 0.0909. The summed E-state index contributed by atoms with van der Waals surface area (Å²) in [4.78, 5) is 44.7. The number of hydrogen-bond donors (Lipinski definition) is 3. The van der Waals surface area contributed by atoms with Gasteiger partial charge in [0.05, 0.1) is 0 Å². The van der Waals surface area contributed by atoms with Crippen molar-refractivity contribution in [3.05, 3.63) is 35.4 Å². The number of amides is 4. The van der Waals surface area contributed by atoms with Gasteiger partial charge in [-0.2, -0.15) is 0 Å². The van der Waals surface area contributed by atoms with Gasteiger partial charge in [0.2, 0.25) is 0 Å². The van der Waals surface area contributed by atoms with E-state index in [0.717, 1.165) is 0 Å². The lowest BCUT2D eigenvalue weighted by molar-refractivity contribution is -0.120. The van der Waals surface area contributed by atoms with Crippen LogP contribution in [0.1, 0.15) is 20.7 Å². The van der Waals surface area contributed by atoms with Crippen molar-refractivity contribution >= 4 is 24.1 Å². The van der Waals surface area contributed by atoms with Crippen molar-refractivity contribution in [2.75, 3.05) is 0 Å². The first-order valence-corrected chi connectivity index (χ1v) is 5.08. The Hall–Kier alpha value is -2.70. The molecule has 1 saturated heterocycles. The van der Waals surface area contributed by atoms with E-state index in [9.17, 15) is 19.2 Å². The van der Waals surface area contributed by atoms with Gasteiger partial charge in [-0.15, -0.1) is 0 Å². The van der Waals surface area contributed by atoms with Crippen LogP contribution in [0.2, 0.25) is 0 Å². The molecular weight excluding hydrogens is 238 g/mol. The Balaban J connectivity index is 2.15. The van der Waals surface area contributed by atoms with Crippen molar-refractivity contribution in [1.29, 1.82) is 0 Å². The second-order valence-corrected chi connectivity index (χ2v) is 3.57. The zero-order valence-electron chi connectivity index (χ0n) is 9.10. The molecule has 0 spiro atoms. The summed E-state index contributed by atoms with van der Waals surface area (Å²) >= 11 is 0. The quantitative estimate of drug-likeness (QED) is 0.489. The normalized spacial score (nSPS) is 17.9. The van der Waals surface area contributed by atoms with Crippen LogP contribution in [-0.2, 0) is 4.79 Å². The van der Waals surface area contributed by atoms with Crippen LogP contribution < -0.4 is 16.0 Å². The summed E-state index contributed by atoms with van der Waals surface area (Å²) in [6.45, 7) is 0. The van der Waals surface area contributed by atoms with E-state index in [4.69, 9.17) is 0 Å². The van der Waals surface area contributed by atoms with Crippen LogP contribution in [0.25, 0.3) is 0 Å². The molecule has 0 aromatic heterocycles. The molecule has 1 unspecified atom stereocenters. The van der Waals surface area contributed by atoms with Crippen molar-refractivity contribution in [2.45, 2.75) is 6.17 Å². The number of carbonyl (C=O) groups excluding carboxylic acids is 4. The minimum absolute atomic E-state index is 0.140. The van der Waals surface area contributed by atoms with E-state index in [1.54, 1.807) is 12.1 Å². The van der Waals surface area contributed by atoms with E-state index >= 15 is 0 Å². The third kappa shape index (κ3) is 2.19. The summed E-state index contributed by atoms with van der Waals surface area (Å²) < 4.78 is 0. The predicted molar refractivity (Wildman–Crippen MR) is 59.8 cm³/mol. The van der Waals surface area contributed by atoms with Gasteiger partial charge in [-0.05, 0) is 6.07 Å². The Morgan fingerprint density at radius 3 is 2.61 bits per heavy atom. The van der Waals surface area contributed by atoms with Crippen LogP contribution >= 0.6 is 0 Å². The maximum absolute atomic E-state index is 11.8. The van der Waals surface area contributed by atoms with Crippen LogP contribution in [0.5, 0.6) is 0 Å². The molecular formula is C11H9N3O4. The molecule has 7 nitrogen and oxygen atoms in total. The van der Waals surface area contributed by atoms with Crippen molar-refractivity contribution in [3.8, 4) is 0 Å². The molecule has 92 valence electrons. The van der Waals surface area contributed by atoms with Gasteiger partial charge in [-0.1, -0.05) is 18.2 Å². The third-order valence-electron chi connectivity index (χ3n) is 2.38. The van der Waals surface area contributed by atoms with Gasteiger partial charge in [-0.25, -0.2) is 4.79 Å². The Morgan fingerprint density at radius 1 is 1.28 bits per heavy atom. The third-order valence-corrected chi connectivity index (χ3v) is 2.38. The molecule has 2 rings (SSSR count). The second-order valence-electron chi connectivity index (χ2n) is 3.57.